The Balaban J connectivity index is 1.37. The quantitative estimate of drug-likeness (QED) is 0.0996. The van der Waals surface area contributed by atoms with Crippen LogP contribution in [0, 0.1) is 35.5 Å². The minimum Gasteiger partial charge on any atom is -0.462 e. The van der Waals surface area contributed by atoms with Gasteiger partial charge in [0.1, 0.15) is 18.3 Å². The van der Waals surface area contributed by atoms with Gasteiger partial charge in [0.2, 0.25) is 0 Å². The summed E-state index contributed by atoms with van der Waals surface area (Å²) in [7, 11) is 8.72. The molecule has 2 heterocycles. The van der Waals surface area contributed by atoms with Crippen LogP contribution in [0.25, 0.3) is 0 Å². The molecule has 5 rings (SSSR count). The lowest BCUT2D eigenvalue weighted by molar-refractivity contribution is -0.234. The summed E-state index contributed by atoms with van der Waals surface area (Å²) in [6.07, 6.45) is 6.48. The highest BCUT2D eigenvalue weighted by atomic mass is 16.6. The third kappa shape index (κ3) is 9.46. The summed E-state index contributed by atoms with van der Waals surface area (Å²) in [5, 5.41) is 22.3. The second-order valence-corrected chi connectivity index (χ2v) is 16.2. The molecule has 12 heteroatoms. The molecule has 12 nitrogen and oxygen atoms in total. The van der Waals surface area contributed by atoms with Crippen molar-refractivity contribution in [2.45, 2.75) is 153 Å². The Labute approximate surface area is 316 Å². The van der Waals surface area contributed by atoms with Crippen molar-refractivity contribution < 1.29 is 53.0 Å². The highest BCUT2D eigenvalue weighted by Gasteiger charge is 2.66. The van der Waals surface area contributed by atoms with Crippen molar-refractivity contribution in [1.82, 2.24) is 4.90 Å². The molecule has 0 aromatic heterocycles. The Hall–Kier alpha value is -1.74. The molecule has 2 saturated heterocycles. The van der Waals surface area contributed by atoms with E-state index in [0.29, 0.717) is 50.5 Å². The van der Waals surface area contributed by atoms with Crippen molar-refractivity contribution in [2.75, 3.05) is 35.4 Å². The summed E-state index contributed by atoms with van der Waals surface area (Å²) in [5.41, 5.74) is 0.655. The number of ether oxygens (including phenoxy) is 7. The van der Waals surface area contributed by atoms with E-state index in [0.717, 1.165) is 6.42 Å². The average Bonchev–Trinajstić information content (AvgIpc) is 3.68. The van der Waals surface area contributed by atoms with E-state index in [4.69, 9.17) is 33.2 Å². The largest absolute Gasteiger partial charge is 0.462 e. The monoisotopic (exact) mass is 749 g/mol. The number of carbonyl (C=O) groups is 2. The minimum atomic E-state index is -1.23. The van der Waals surface area contributed by atoms with Crippen molar-refractivity contribution in [3.8, 4) is 0 Å². The molecule has 0 bridgehead atoms. The number of fused-ring (bicyclic) bond motifs is 8. The summed E-state index contributed by atoms with van der Waals surface area (Å²) in [6.45, 7) is 8.00. The fourth-order valence-electron chi connectivity index (χ4n) is 10.1. The van der Waals surface area contributed by atoms with Gasteiger partial charge < -0.3 is 48.3 Å². The number of esters is 1. The van der Waals surface area contributed by atoms with Gasteiger partial charge >= 0.3 is 5.97 Å². The molecule has 2 aliphatic heterocycles. The Bertz CT molecular complexity index is 1270. The molecule has 0 amide bonds. The lowest BCUT2D eigenvalue weighted by Crippen LogP contribution is -2.49. The first-order valence-electron chi connectivity index (χ1n) is 20.1. The van der Waals surface area contributed by atoms with Gasteiger partial charge in [0.25, 0.3) is 0 Å². The van der Waals surface area contributed by atoms with Gasteiger partial charge in [-0.1, -0.05) is 39.8 Å². The first-order valence-corrected chi connectivity index (χ1v) is 20.1. The summed E-state index contributed by atoms with van der Waals surface area (Å²) in [5.74, 6) is -0.846. The molecule has 302 valence electrons. The van der Waals surface area contributed by atoms with E-state index in [9.17, 15) is 19.8 Å². The Morgan fingerprint density at radius 2 is 1.64 bits per heavy atom. The molecule has 0 radical (unpaired) electrons. The van der Waals surface area contributed by atoms with E-state index in [1.807, 2.05) is 40.9 Å². The highest BCUT2D eigenvalue weighted by molar-refractivity contribution is 5.99. The van der Waals surface area contributed by atoms with E-state index >= 15 is 0 Å². The number of allylic oxidation sites excluding steroid dienone is 2. The fraction of sp³-hybridized carbons (Fsp3) is 0.854. The second kappa shape index (κ2) is 18.9. The molecule has 1 unspecified atom stereocenters. The molecule has 17 atom stereocenters. The number of methoxy groups -OCH3 is 3. The minimum absolute atomic E-state index is 0.0124. The zero-order valence-electron chi connectivity index (χ0n) is 33.4. The molecule has 0 spiro atoms. The van der Waals surface area contributed by atoms with Crippen LogP contribution in [0.3, 0.4) is 0 Å². The first-order chi connectivity index (χ1) is 25.4. The molecule has 0 aromatic rings. The predicted octanol–water partition coefficient (Wildman–Crippen LogP) is 4.44. The Kier molecular flexibility index (Phi) is 15.1. The average molecular weight is 750 g/mol. The molecule has 0 aromatic carbocycles. The van der Waals surface area contributed by atoms with Crippen LogP contribution in [0.15, 0.2) is 23.8 Å². The van der Waals surface area contributed by atoms with Crippen LogP contribution in [-0.2, 0) is 42.7 Å². The number of carbonyl (C=O) groups excluding carboxylic acids is 2. The van der Waals surface area contributed by atoms with Gasteiger partial charge in [-0.2, -0.15) is 0 Å². The van der Waals surface area contributed by atoms with Crippen molar-refractivity contribution >= 4 is 11.8 Å². The highest BCUT2D eigenvalue weighted by Crippen LogP contribution is 2.63. The summed E-state index contributed by atoms with van der Waals surface area (Å²) in [4.78, 5) is 30.2. The summed E-state index contributed by atoms with van der Waals surface area (Å²) < 4.78 is 42.0. The zero-order valence-corrected chi connectivity index (χ0v) is 33.4. The number of cyclic esters (lactones) is 1. The fourth-order valence-corrected chi connectivity index (χ4v) is 10.1. The van der Waals surface area contributed by atoms with Crippen LogP contribution in [0.1, 0.15) is 85.5 Å². The molecule has 5 aliphatic rings. The lowest BCUT2D eigenvalue weighted by atomic mass is 9.66. The predicted molar refractivity (Wildman–Crippen MR) is 198 cm³/mol. The van der Waals surface area contributed by atoms with Crippen molar-refractivity contribution in [2.24, 2.45) is 35.5 Å². The van der Waals surface area contributed by atoms with Crippen molar-refractivity contribution in [1.29, 1.82) is 0 Å². The van der Waals surface area contributed by atoms with Gasteiger partial charge in [-0.15, -0.1) is 0 Å². The van der Waals surface area contributed by atoms with E-state index in [1.54, 1.807) is 20.3 Å². The number of rotatable bonds is 16. The number of epoxide rings is 1. The third-order valence-electron chi connectivity index (χ3n) is 13.0. The van der Waals surface area contributed by atoms with Gasteiger partial charge in [-0.05, 0) is 94.9 Å². The lowest BCUT2D eigenvalue weighted by Gasteiger charge is -2.35. The number of aliphatic hydroxyl groups is 2. The van der Waals surface area contributed by atoms with Crippen LogP contribution in [0.4, 0.5) is 0 Å². The summed E-state index contributed by atoms with van der Waals surface area (Å²) >= 11 is 0. The van der Waals surface area contributed by atoms with Gasteiger partial charge in [-0.3, -0.25) is 9.59 Å². The van der Waals surface area contributed by atoms with Gasteiger partial charge in [-0.25, -0.2) is 0 Å². The number of hydrogen-bond acceptors (Lipinski definition) is 12. The third-order valence-corrected chi connectivity index (χ3v) is 13.0. The molecule has 4 fully saturated rings. The van der Waals surface area contributed by atoms with E-state index in [1.165, 1.54) is 7.11 Å². The number of hydrogen-bond donors (Lipinski definition) is 2. The maximum atomic E-state index is 14.6. The van der Waals surface area contributed by atoms with E-state index in [2.05, 4.69) is 17.9 Å². The van der Waals surface area contributed by atoms with E-state index < -0.39 is 36.8 Å². The normalized spacial score (nSPS) is 38.0. The maximum absolute atomic E-state index is 14.6. The molecule has 3 aliphatic carbocycles. The van der Waals surface area contributed by atoms with Crippen LogP contribution in [0.2, 0.25) is 0 Å². The number of aliphatic hydroxyl groups excluding tert-OH is 2. The topological polar surface area (TPSA) is 146 Å². The Morgan fingerprint density at radius 3 is 2.26 bits per heavy atom. The number of ketones is 1. The van der Waals surface area contributed by atoms with Crippen LogP contribution >= 0.6 is 0 Å². The molecular weight excluding hydrogens is 682 g/mol. The molecular formula is C41H67NO11. The number of nitrogens with zero attached hydrogens (tertiary/aromatic N) is 1. The number of likely N-dealkylation sites (N-methyl/N-ethyl adjacent to an activating group) is 1. The molecule has 2 saturated carbocycles. The van der Waals surface area contributed by atoms with Crippen LogP contribution in [0.5, 0.6) is 0 Å². The van der Waals surface area contributed by atoms with Crippen LogP contribution < -0.4 is 0 Å². The van der Waals surface area contributed by atoms with Crippen LogP contribution in [-0.4, -0.2) is 130 Å². The maximum Gasteiger partial charge on any atom is 0.306 e. The number of Topliss-reactive ketones (excluding diaryl/α,β-unsaturated/α-hetero) is 1. The van der Waals surface area contributed by atoms with E-state index in [-0.39, 0.29) is 84.3 Å². The molecule has 2 N–H and O–H groups in total. The Morgan fingerprint density at radius 1 is 0.925 bits per heavy atom. The van der Waals surface area contributed by atoms with Gasteiger partial charge in [0, 0.05) is 45.1 Å². The SMILES string of the molecule is CC[C@H]1CCC[C@H](O[C@H](O)/C=C/[C@@H](CC)N(C)C)[C@@H](C)C(=O)C2=C[C@H]3[C@@H]4C[C@H](O[C@H](O)[C@@H](OC)C(OC)[C@H](CC)OC)C[C@H]4[C@H]4O[C@H]4[C@H]3[C@@H]2CC(=O)O1. The molecule has 53 heavy (non-hydrogen) atoms. The first kappa shape index (κ1) is 42.4. The standard InChI is InChI=1S/C41H67NO11/c1-10-23(42(5)6)16-17-33(43)52-32-15-13-14-24(11-2)50-34(44)21-28-29(36(45)22(32)4)20-27-26-18-25(19-30(26)37-39(53-37)35(27)28)51-41(46)40(49-9)38(48-8)31(12-3)47-7/h16-17,20,22-28,30-33,35,37-41,43,46H,10-15,18-19,21H2,1-9H3/b17-16+/t22-,23-,24+,25+,26+,27+,28-,30-,31+,32+,33+,35-,37-,38?,39+,40+,41+/m1/s1. The van der Waals surface area contributed by atoms with Crippen molar-refractivity contribution in [3.05, 3.63) is 23.8 Å². The smallest absolute Gasteiger partial charge is 0.306 e. The second-order valence-electron chi connectivity index (χ2n) is 16.2. The van der Waals surface area contributed by atoms with Gasteiger partial charge in [0.15, 0.2) is 18.4 Å². The summed E-state index contributed by atoms with van der Waals surface area (Å²) in [6, 6.07) is 0.158. The zero-order chi connectivity index (χ0) is 38.6. The van der Waals surface area contributed by atoms with Crippen molar-refractivity contribution in [3.63, 3.8) is 0 Å². The van der Waals surface area contributed by atoms with Gasteiger partial charge in [0.05, 0.1) is 36.9 Å².